The summed E-state index contributed by atoms with van der Waals surface area (Å²) < 4.78 is 0. The molecule has 0 saturated heterocycles. The minimum atomic E-state index is 0.201. The first-order chi connectivity index (χ1) is 7.29. The van der Waals surface area contributed by atoms with Crippen molar-refractivity contribution in [1.82, 2.24) is 0 Å². The van der Waals surface area contributed by atoms with Crippen LogP contribution in [0.3, 0.4) is 0 Å². The van der Waals surface area contributed by atoms with Gasteiger partial charge in [-0.05, 0) is 5.56 Å². The van der Waals surface area contributed by atoms with Crippen LogP contribution in [0.4, 0.5) is 0 Å². The Morgan fingerprint density at radius 2 is 2.00 bits per heavy atom. The van der Waals surface area contributed by atoms with E-state index in [0.717, 1.165) is 5.56 Å². The number of hydrogen-bond acceptors (Lipinski definition) is 4. The second-order valence-electron chi connectivity index (χ2n) is 2.71. The van der Waals surface area contributed by atoms with Crippen LogP contribution in [0, 0.1) is 0 Å². The van der Waals surface area contributed by atoms with Crippen LogP contribution in [0.15, 0.2) is 40.8 Å². The van der Waals surface area contributed by atoms with Gasteiger partial charge in [-0.25, -0.2) is 14.6 Å². The van der Waals surface area contributed by atoms with E-state index in [2.05, 4.69) is 16.6 Å². The van der Waals surface area contributed by atoms with E-state index in [9.17, 15) is 9.59 Å². The molecule has 0 aliphatic heterocycles. The lowest BCUT2D eigenvalue weighted by Gasteiger charge is -2.04. The van der Waals surface area contributed by atoms with Crippen molar-refractivity contribution in [3.05, 3.63) is 42.0 Å². The Labute approximate surface area is 86.7 Å². The molecule has 0 amide bonds. The molecule has 1 aromatic carbocycles. The van der Waals surface area contributed by atoms with Crippen LogP contribution in [0.2, 0.25) is 0 Å². The lowest BCUT2D eigenvalue weighted by atomic mass is 10.1. The van der Waals surface area contributed by atoms with Crippen molar-refractivity contribution in [2.75, 3.05) is 0 Å². The summed E-state index contributed by atoms with van der Waals surface area (Å²) in [4.78, 5) is 26.9. The molecule has 1 aromatic rings. The van der Waals surface area contributed by atoms with Gasteiger partial charge in [-0.1, -0.05) is 30.8 Å². The van der Waals surface area contributed by atoms with Gasteiger partial charge in [0.15, 0.2) is 0 Å². The Kier molecular flexibility index (Phi) is 3.92. The number of nitrogens with zero attached hydrogens (tertiary/aromatic N) is 2. The molecular weight excluding hydrogens is 192 g/mol. The van der Waals surface area contributed by atoms with Crippen molar-refractivity contribution in [2.24, 2.45) is 9.98 Å². The second-order valence-corrected chi connectivity index (χ2v) is 2.71. The first kappa shape index (κ1) is 10.8. The number of isocyanates is 2. The Balaban J connectivity index is 3.10. The van der Waals surface area contributed by atoms with E-state index in [0.29, 0.717) is 11.3 Å². The number of hydrogen-bond donors (Lipinski definition) is 0. The zero-order chi connectivity index (χ0) is 11.1. The van der Waals surface area contributed by atoms with Crippen molar-refractivity contribution in [3.63, 3.8) is 0 Å². The smallest absolute Gasteiger partial charge is 0.211 e. The van der Waals surface area contributed by atoms with Crippen molar-refractivity contribution >= 4 is 17.9 Å². The molecule has 74 valence electrons. The molecule has 0 atom stereocenters. The maximum absolute atomic E-state index is 10.1. The molecule has 0 aliphatic carbocycles. The largest absolute Gasteiger partial charge is 0.240 e. The molecule has 0 saturated carbocycles. The van der Waals surface area contributed by atoms with Gasteiger partial charge in [0.1, 0.15) is 0 Å². The van der Waals surface area contributed by atoms with Crippen molar-refractivity contribution in [3.8, 4) is 0 Å². The fourth-order valence-corrected chi connectivity index (χ4v) is 1.17. The van der Waals surface area contributed by atoms with Gasteiger partial charge in [0.2, 0.25) is 12.2 Å². The third-order valence-electron chi connectivity index (χ3n) is 1.82. The van der Waals surface area contributed by atoms with E-state index in [4.69, 9.17) is 0 Å². The fraction of sp³-hybridized carbons (Fsp3) is 0.0909. The van der Waals surface area contributed by atoms with E-state index in [1.54, 1.807) is 24.3 Å². The molecule has 4 heteroatoms. The first-order valence-corrected chi connectivity index (χ1v) is 4.18. The Morgan fingerprint density at radius 3 is 2.67 bits per heavy atom. The molecule has 0 aliphatic rings. The predicted molar refractivity (Wildman–Crippen MR) is 55.4 cm³/mol. The van der Waals surface area contributed by atoms with Gasteiger partial charge >= 0.3 is 0 Å². The summed E-state index contributed by atoms with van der Waals surface area (Å²) >= 11 is 0. The molecular formula is C11H8N2O2. The third-order valence-corrected chi connectivity index (χ3v) is 1.82. The highest BCUT2D eigenvalue weighted by molar-refractivity contribution is 5.69. The van der Waals surface area contributed by atoms with Crippen LogP contribution in [0.1, 0.15) is 11.1 Å². The Bertz CT molecular complexity index is 467. The van der Waals surface area contributed by atoms with E-state index in [1.165, 1.54) is 12.2 Å². The molecule has 1 rings (SSSR count). The molecule has 0 aromatic heterocycles. The van der Waals surface area contributed by atoms with E-state index >= 15 is 0 Å². The summed E-state index contributed by atoms with van der Waals surface area (Å²) in [5, 5.41) is 0. The average Bonchev–Trinajstić information content (AvgIpc) is 2.27. The van der Waals surface area contributed by atoms with Gasteiger partial charge < -0.3 is 0 Å². The van der Waals surface area contributed by atoms with Gasteiger partial charge in [0, 0.05) is 5.56 Å². The topological polar surface area (TPSA) is 58.9 Å². The second kappa shape index (κ2) is 5.45. The molecule has 0 fully saturated rings. The van der Waals surface area contributed by atoms with Crippen molar-refractivity contribution in [2.45, 2.75) is 6.54 Å². The first-order valence-electron chi connectivity index (χ1n) is 4.18. The molecule has 0 bridgehead atoms. The van der Waals surface area contributed by atoms with Gasteiger partial charge in [0.05, 0.1) is 12.2 Å². The van der Waals surface area contributed by atoms with Crippen LogP contribution >= 0.6 is 0 Å². The monoisotopic (exact) mass is 200 g/mol. The molecule has 4 nitrogen and oxygen atoms in total. The van der Waals surface area contributed by atoms with Crippen LogP contribution in [-0.2, 0) is 16.1 Å². The van der Waals surface area contributed by atoms with Crippen LogP contribution in [0.5, 0.6) is 0 Å². The summed E-state index contributed by atoms with van der Waals surface area (Å²) in [5.41, 5.74) is 1.76. The Hall–Kier alpha value is -2.28. The quantitative estimate of drug-likeness (QED) is 0.549. The molecule has 0 spiro atoms. The van der Waals surface area contributed by atoms with E-state index in [1.807, 2.05) is 0 Å². The maximum Gasteiger partial charge on any atom is 0.240 e. The minimum Gasteiger partial charge on any atom is -0.211 e. The van der Waals surface area contributed by atoms with Crippen LogP contribution < -0.4 is 0 Å². The highest BCUT2D eigenvalue weighted by Gasteiger charge is 2.03. The number of carbonyl (C=O) groups excluding carboxylic acids is 2. The van der Waals surface area contributed by atoms with Crippen LogP contribution in [-0.4, -0.2) is 12.2 Å². The fourth-order valence-electron chi connectivity index (χ4n) is 1.17. The number of benzene rings is 1. The highest BCUT2D eigenvalue weighted by atomic mass is 16.1. The lowest BCUT2D eigenvalue weighted by Crippen LogP contribution is -1.89. The van der Waals surface area contributed by atoms with E-state index < -0.39 is 0 Å². The lowest BCUT2D eigenvalue weighted by molar-refractivity contribution is 0.562. The zero-order valence-electron chi connectivity index (χ0n) is 7.93. The molecule has 0 heterocycles. The van der Waals surface area contributed by atoms with Gasteiger partial charge in [-0.15, -0.1) is 0 Å². The minimum absolute atomic E-state index is 0.201. The third kappa shape index (κ3) is 2.85. The summed E-state index contributed by atoms with van der Waals surface area (Å²) in [6.07, 6.45) is 2.87. The zero-order valence-corrected chi connectivity index (χ0v) is 7.93. The van der Waals surface area contributed by atoms with Gasteiger partial charge in [0.25, 0.3) is 0 Å². The van der Waals surface area contributed by atoms with Crippen molar-refractivity contribution < 1.29 is 9.59 Å². The molecule has 0 unspecified atom stereocenters. The SMILES string of the molecule is C=C(N=C=O)c1ccccc1CN=C=O. The highest BCUT2D eigenvalue weighted by Crippen LogP contribution is 2.18. The molecule has 15 heavy (non-hydrogen) atoms. The van der Waals surface area contributed by atoms with Gasteiger partial charge in [-0.2, -0.15) is 4.99 Å². The summed E-state index contributed by atoms with van der Waals surface area (Å²) in [5.74, 6) is 0. The Morgan fingerprint density at radius 1 is 1.27 bits per heavy atom. The molecule has 0 radical (unpaired) electrons. The molecule has 0 N–H and O–H groups in total. The normalized spacial score (nSPS) is 8.53. The predicted octanol–water partition coefficient (Wildman–Crippen LogP) is 1.83. The number of aliphatic imine (C=N–C) groups is 2. The van der Waals surface area contributed by atoms with Crippen molar-refractivity contribution in [1.29, 1.82) is 0 Å². The standard InChI is InChI=1S/C11H8N2O2/c1-9(13-8-15)11-5-3-2-4-10(11)6-12-7-14/h2-5H,1,6H2. The summed E-state index contributed by atoms with van der Waals surface area (Å²) in [6.45, 7) is 3.82. The van der Waals surface area contributed by atoms with E-state index in [-0.39, 0.29) is 6.54 Å². The van der Waals surface area contributed by atoms with Gasteiger partial charge in [-0.3, -0.25) is 0 Å². The van der Waals surface area contributed by atoms with Crippen LogP contribution in [0.25, 0.3) is 5.70 Å². The summed E-state index contributed by atoms with van der Waals surface area (Å²) in [6, 6.07) is 7.12. The maximum atomic E-state index is 10.1. The summed E-state index contributed by atoms with van der Waals surface area (Å²) in [7, 11) is 0. The number of rotatable bonds is 4. The average molecular weight is 200 g/mol.